The fourth-order valence-electron chi connectivity index (χ4n) is 1.52. The van der Waals surface area contributed by atoms with Crippen molar-refractivity contribution in [2.75, 3.05) is 19.8 Å². The predicted molar refractivity (Wildman–Crippen MR) is 53.1 cm³/mol. The lowest BCUT2D eigenvalue weighted by atomic mass is 10.2. The Morgan fingerprint density at radius 3 is 2.33 bits per heavy atom. The Hall–Kier alpha value is -0.380. The summed E-state index contributed by atoms with van der Waals surface area (Å²) in [5, 5.41) is 0. The number of hydrogen-bond acceptors (Lipinski definition) is 5. The van der Waals surface area contributed by atoms with E-state index < -0.39 is 27.8 Å². The number of rotatable bonds is 5. The topological polar surface area (TPSA) is 61.8 Å². The molecule has 1 heterocycles. The normalized spacial score (nSPS) is 29.7. The molecule has 106 valence electrons. The van der Waals surface area contributed by atoms with Crippen LogP contribution in [0, 0.1) is 5.92 Å². The predicted octanol–water partition coefficient (Wildman–Crippen LogP) is 1.05. The van der Waals surface area contributed by atoms with Gasteiger partial charge in [-0.15, -0.1) is 0 Å². The molecule has 1 aliphatic heterocycles. The highest BCUT2D eigenvalue weighted by Gasteiger charge is 2.50. The summed E-state index contributed by atoms with van der Waals surface area (Å²) in [6, 6.07) is 0. The summed E-state index contributed by atoms with van der Waals surface area (Å²) in [5.41, 5.74) is -5.42. The van der Waals surface area contributed by atoms with Gasteiger partial charge in [-0.25, -0.2) is 0 Å². The van der Waals surface area contributed by atoms with Gasteiger partial charge in [0.1, 0.15) is 12.2 Å². The zero-order chi connectivity index (χ0) is 13.4. The van der Waals surface area contributed by atoms with E-state index in [2.05, 4.69) is 4.18 Å². The molecular weight excluding hydrogens is 277 g/mol. The van der Waals surface area contributed by atoms with Gasteiger partial charge in [0.05, 0.1) is 19.8 Å². The van der Waals surface area contributed by atoms with Gasteiger partial charge < -0.3 is 9.47 Å². The molecule has 2 atom stereocenters. The monoisotopic (exact) mass is 290 g/mol. The van der Waals surface area contributed by atoms with E-state index in [0.717, 1.165) is 12.8 Å². The van der Waals surface area contributed by atoms with Gasteiger partial charge in [-0.1, -0.05) is 0 Å². The SMILES string of the molecule is O=S(=O)(OC1COCC1OCC1CC1)C(F)(F)F. The maximum Gasteiger partial charge on any atom is 0.523 e. The molecule has 0 spiro atoms. The summed E-state index contributed by atoms with van der Waals surface area (Å²) in [7, 11) is -5.60. The van der Waals surface area contributed by atoms with Crippen molar-refractivity contribution in [1.29, 1.82) is 0 Å². The Morgan fingerprint density at radius 2 is 1.78 bits per heavy atom. The third kappa shape index (κ3) is 3.34. The second-order valence-electron chi connectivity index (χ2n) is 4.39. The van der Waals surface area contributed by atoms with Crippen LogP contribution < -0.4 is 0 Å². The molecule has 9 heteroatoms. The van der Waals surface area contributed by atoms with Gasteiger partial charge in [-0.2, -0.15) is 21.6 Å². The average Bonchev–Trinajstić information content (AvgIpc) is 2.96. The van der Waals surface area contributed by atoms with Crippen molar-refractivity contribution < 1.29 is 35.2 Å². The van der Waals surface area contributed by atoms with Crippen LogP contribution in [0.1, 0.15) is 12.8 Å². The fourth-order valence-corrected chi connectivity index (χ4v) is 2.14. The van der Waals surface area contributed by atoms with Gasteiger partial charge in [-0.3, -0.25) is 4.18 Å². The van der Waals surface area contributed by atoms with Crippen LogP contribution in [0.3, 0.4) is 0 Å². The quantitative estimate of drug-likeness (QED) is 0.559. The average molecular weight is 290 g/mol. The summed E-state index contributed by atoms with van der Waals surface area (Å²) in [6.45, 7) is 0.232. The minimum atomic E-state index is -5.60. The van der Waals surface area contributed by atoms with Gasteiger partial charge in [-0.05, 0) is 18.8 Å². The third-order valence-corrected chi connectivity index (χ3v) is 3.82. The number of hydrogen-bond donors (Lipinski definition) is 0. The molecular formula is C9H13F3O5S. The summed E-state index contributed by atoms with van der Waals surface area (Å²) < 4.78 is 72.5. The largest absolute Gasteiger partial charge is 0.523 e. The Labute approximate surface area is 102 Å². The highest BCUT2D eigenvalue weighted by Crippen LogP contribution is 2.31. The number of halogens is 3. The van der Waals surface area contributed by atoms with Crippen molar-refractivity contribution in [1.82, 2.24) is 0 Å². The van der Waals surface area contributed by atoms with Crippen LogP contribution in [0.2, 0.25) is 0 Å². The molecule has 2 rings (SSSR count). The fraction of sp³-hybridized carbons (Fsp3) is 1.00. The van der Waals surface area contributed by atoms with Crippen LogP contribution in [-0.4, -0.2) is 46.0 Å². The van der Waals surface area contributed by atoms with Gasteiger partial charge >= 0.3 is 15.6 Å². The summed E-state index contributed by atoms with van der Waals surface area (Å²) in [5.74, 6) is 0.422. The third-order valence-electron chi connectivity index (χ3n) is 2.76. The molecule has 0 aromatic rings. The minimum Gasteiger partial charge on any atom is -0.376 e. The van der Waals surface area contributed by atoms with Crippen LogP contribution in [0.15, 0.2) is 0 Å². The Morgan fingerprint density at radius 1 is 1.17 bits per heavy atom. The first-order chi connectivity index (χ1) is 8.29. The standard InChI is InChI=1S/C9H13F3O5S/c10-9(11,12)18(13,14)17-8-5-15-4-7(8)16-3-6-1-2-6/h6-8H,1-5H2. The molecule has 2 aliphatic rings. The maximum atomic E-state index is 12.1. The van der Waals surface area contributed by atoms with Crippen molar-refractivity contribution in [2.45, 2.75) is 30.6 Å². The molecule has 0 N–H and O–H groups in total. The van der Waals surface area contributed by atoms with Crippen LogP contribution in [0.4, 0.5) is 13.2 Å². The highest BCUT2D eigenvalue weighted by atomic mass is 32.2. The van der Waals surface area contributed by atoms with E-state index in [1.54, 1.807) is 0 Å². The van der Waals surface area contributed by atoms with E-state index in [0.29, 0.717) is 12.5 Å². The minimum absolute atomic E-state index is 0.0464. The molecule has 1 saturated heterocycles. The van der Waals surface area contributed by atoms with Crippen molar-refractivity contribution in [3.63, 3.8) is 0 Å². The zero-order valence-corrected chi connectivity index (χ0v) is 10.2. The van der Waals surface area contributed by atoms with Crippen molar-refractivity contribution in [3.8, 4) is 0 Å². The van der Waals surface area contributed by atoms with Crippen LogP contribution in [0.5, 0.6) is 0 Å². The molecule has 0 bridgehead atoms. The van der Waals surface area contributed by atoms with Gasteiger partial charge in [0, 0.05) is 0 Å². The summed E-state index contributed by atoms with van der Waals surface area (Å²) >= 11 is 0. The molecule has 0 aromatic carbocycles. The van der Waals surface area contributed by atoms with Gasteiger partial charge in [0.25, 0.3) is 0 Å². The molecule has 0 radical (unpaired) electrons. The first kappa shape index (κ1) is 14.0. The summed E-state index contributed by atoms with van der Waals surface area (Å²) in [6.07, 6.45) is 0.0676. The lowest BCUT2D eigenvalue weighted by Crippen LogP contribution is -2.37. The first-order valence-electron chi connectivity index (χ1n) is 5.48. The molecule has 2 unspecified atom stereocenters. The molecule has 0 amide bonds. The Bertz CT molecular complexity index is 389. The van der Waals surface area contributed by atoms with E-state index >= 15 is 0 Å². The van der Waals surface area contributed by atoms with Crippen LogP contribution in [-0.2, 0) is 23.8 Å². The molecule has 2 fully saturated rings. The van der Waals surface area contributed by atoms with Crippen LogP contribution in [0.25, 0.3) is 0 Å². The van der Waals surface area contributed by atoms with E-state index in [1.165, 1.54) is 0 Å². The van der Waals surface area contributed by atoms with E-state index in [4.69, 9.17) is 9.47 Å². The van der Waals surface area contributed by atoms with Crippen molar-refractivity contribution in [3.05, 3.63) is 0 Å². The lowest BCUT2D eigenvalue weighted by Gasteiger charge is -2.19. The maximum absolute atomic E-state index is 12.1. The smallest absolute Gasteiger partial charge is 0.376 e. The molecule has 1 saturated carbocycles. The number of ether oxygens (including phenoxy) is 2. The van der Waals surface area contributed by atoms with E-state index in [-0.39, 0.29) is 13.2 Å². The van der Waals surface area contributed by atoms with E-state index in [9.17, 15) is 21.6 Å². The number of alkyl halides is 3. The molecule has 5 nitrogen and oxygen atoms in total. The van der Waals surface area contributed by atoms with Gasteiger partial charge in [0.2, 0.25) is 0 Å². The zero-order valence-electron chi connectivity index (χ0n) is 9.35. The highest BCUT2D eigenvalue weighted by molar-refractivity contribution is 7.87. The lowest BCUT2D eigenvalue weighted by molar-refractivity contribution is -0.0646. The Kier molecular flexibility index (Phi) is 3.86. The van der Waals surface area contributed by atoms with Crippen molar-refractivity contribution >= 4 is 10.1 Å². The van der Waals surface area contributed by atoms with Crippen LogP contribution >= 0.6 is 0 Å². The van der Waals surface area contributed by atoms with E-state index in [1.807, 2.05) is 0 Å². The molecule has 1 aliphatic carbocycles. The Balaban J connectivity index is 1.90. The summed E-state index contributed by atoms with van der Waals surface area (Å²) in [4.78, 5) is 0. The van der Waals surface area contributed by atoms with Crippen molar-refractivity contribution in [2.24, 2.45) is 5.92 Å². The molecule has 18 heavy (non-hydrogen) atoms. The van der Waals surface area contributed by atoms with Gasteiger partial charge in [0.15, 0.2) is 0 Å². The first-order valence-corrected chi connectivity index (χ1v) is 6.89. The second-order valence-corrected chi connectivity index (χ2v) is 5.95. The molecule has 0 aromatic heterocycles. The second kappa shape index (κ2) is 4.95.